The van der Waals surface area contributed by atoms with Crippen molar-refractivity contribution < 1.29 is 13.3 Å². The van der Waals surface area contributed by atoms with Gasteiger partial charge in [-0.2, -0.15) is 0 Å². The van der Waals surface area contributed by atoms with E-state index in [0.29, 0.717) is 5.69 Å². The molecule has 1 saturated heterocycles. The largest absolute Gasteiger partial charge is 0.366 e. The highest BCUT2D eigenvalue weighted by molar-refractivity contribution is 7.89. The molecule has 0 aromatic heterocycles. The maximum Gasteiger partial charge on any atom is 0.293 e. The van der Waals surface area contributed by atoms with Crippen LogP contribution in [-0.4, -0.2) is 32.0 Å². The quantitative estimate of drug-likeness (QED) is 0.676. The Balaban J connectivity index is 2.43. The number of sulfonamides is 1. The van der Waals surface area contributed by atoms with E-state index in [-0.39, 0.29) is 10.6 Å². The van der Waals surface area contributed by atoms with Crippen molar-refractivity contribution in [3.05, 3.63) is 28.3 Å². The van der Waals surface area contributed by atoms with E-state index >= 15 is 0 Å². The molecule has 0 spiro atoms. The third-order valence-electron chi connectivity index (χ3n) is 3.34. The molecule has 0 aliphatic carbocycles. The number of hydrogen-bond acceptors (Lipinski definition) is 5. The van der Waals surface area contributed by atoms with Crippen molar-refractivity contribution in [2.24, 2.45) is 0 Å². The molecule has 1 heterocycles. The van der Waals surface area contributed by atoms with E-state index in [4.69, 9.17) is 0 Å². The van der Waals surface area contributed by atoms with E-state index in [9.17, 15) is 18.5 Å². The molecule has 7 nitrogen and oxygen atoms in total. The zero-order valence-electron chi connectivity index (χ0n) is 13.0. The summed E-state index contributed by atoms with van der Waals surface area (Å²) in [5.41, 5.74) is -0.336. The summed E-state index contributed by atoms with van der Waals surface area (Å²) in [6.07, 6.45) is 1.98. The van der Waals surface area contributed by atoms with Crippen LogP contribution in [0.25, 0.3) is 0 Å². The second-order valence-electron chi connectivity index (χ2n) is 6.46. The molecule has 1 aliphatic rings. The summed E-state index contributed by atoms with van der Waals surface area (Å²) < 4.78 is 27.1. The molecule has 1 aromatic carbocycles. The summed E-state index contributed by atoms with van der Waals surface area (Å²) >= 11 is 0. The first kappa shape index (κ1) is 16.7. The second kappa shape index (κ2) is 5.85. The zero-order chi connectivity index (χ0) is 16.5. The summed E-state index contributed by atoms with van der Waals surface area (Å²) in [7, 11) is -3.79. The van der Waals surface area contributed by atoms with Gasteiger partial charge in [0.25, 0.3) is 5.69 Å². The lowest BCUT2D eigenvalue weighted by Crippen LogP contribution is -2.40. The smallest absolute Gasteiger partial charge is 0.293 e. The van der Waals surface area contributed by atoms with Gasteiger partial charge in [-0.15, -0.1) is 0 Å². The molecule has 1 N–H and O–H groups in total. The van der Waals surface area contributed by atoms with E-state index < -0.39 is 20.5 Å². The first-order valence-corrected chi connectivity index (χ1v) is 8.66. The highest BCUT2D eigenvalue weighted by Crippen LogP contribution is 2.33. The van der Waals surface area contributed by atoms with Crippen molar-refractivity contribution in [3.63, 3.8) is 0 Å². The van der Waals surface area contributed by atoms with Gasteiger partial charge in [0, 0.05) is 24.7 Å². The summed E-state index contributed by atoms with van der Waals surface area (Å²) in [5, 5.41) is 11.3. The standard InChI is InChI=1S/C14H21N3O4S/c1-14(2,3)15-22(20,21)11-6-7-12(13(10-11)17(18)19)16-8-4-5-9-16/h6-7,10,15H,4-5,8-9H2,1-3H3. The first-order valence-electron chi connectivity index (χ1n) is 7.17. The average molecular weight is 327 g/mol. The Morgan fingerprint density at radius 2 is 1.82 bits per heavy atom. The summed E-state index contributed by atoms with van der Waals surface area (Å²) in [6.45, 7) is 6.67. The maximum atomic E-state index is 12.3. The molecule has 22 heavy (non-hydrogen) atoms. The molecular weight excluding hydrogens is 306 g/mol. The fourth-order valence-electron chi connectivity index (χ4n) is 2.50. The van der Waals surface area contributed by atoms with Gasteiger partial charge in [-0.05, 0) is 45.7 Å². The molecule has 0 amide bonds. The molecule has 0 unspecified atom stereocenters. The van der Waals surface area contributed by atoms with E-state index in [1.54, 1.807) is 20.8 Å². The predicted octanol–water partition coefficient (Wildman–Crippen LogP) is 2.27. The van der Waals surface area contributed by atoms with Gasteiger partial charge < -0.3 is 4.90 Å². The van der Waals surface area contributed by atoms with Crippen LogP contribution >= 0.6 is 0 Å². The van der Waals surface area contributed by atoms with Gasteiger partial charge in [0.05, 0.1) is 9.82 Å². The molecule has 0 saturated carbocycles. The summed E-state index contributed by atoms with van der Waals surface area (Å²) in [4.78, 5) is 12.6. The van der Waals surface area contributed by atoms with Gasteiger partial charge in [-0.1, -0.05) is 0 Å². The number of anilines is 1. The minimum absolute atomic E-state index is 0.0860. The van der Waals surface area contributed by atoms with E-state index in [1.807, 2.05) is 4.90 Å². The SMILES string of the molecule is CC(C)(C)NS(=O)(=O)c1ccc(N2CCCC2)c([N+](=O)[O-])c1. The molecule has 0 radical (unpaired) electrons. The van der Waals surface area contributed by atoms with E-state index in [2.05, 4.69) is 4.72 Å². The van der Waals surface area contributed by atoms with Crippen LogP contribution in [0.2, 0.25) is 0 Å². The average Bonchev–Trinajstić information content (AvgIpc) is 2.88. The predicted molar refractivity (Wildman–Crippen MR) is 84.6 cm³/mol. The van der Waals surface area contributed by atoms with Crippen LogP contribution in [-0.2, 0) is 10.0 Å². The third kappa shape index (κ3) is 3.75. The Kier molecular flexibility index (Phi) is 4.44. The number of benzene rings is 1. The molecule has 122 valence electrons. The lowest BCUT2D eigenvalue weighted by Gasteiger charge is -2.21. The summed E-state index contributed by atoms with van der Waals surface area (Å²) in [6, 6.07) is 4.09. The van der Waals surface area contributed by atoms with Crippen molar-refractivity contribution in [2.45, 2.75) is 44.0 Å². The lowest BCUT2D eigenvalue weighted by atomic mass is 10.1. The monoisotopic (exact) mass is 327 g/mol. The number of hydrogen-bond donors (Lipinski definition) is 1. The minimum atomic E-state index is -3.79. The van der Waals surface area contributed by atoms with Gasteiger partial charge in [0.2, 0.25) is 10.0 Å². The topological polar surface area (TPSA) is 92.6 Å². The van der Waals surface area contributed by atoms with Crippen LogP contribution < -0.4 is 9.62 Å². The van der Waals surface area contributed by atoms with Crippen molar-refractivity contribution in [1.29, 1.82) is 0 Å². The Morgan fingerprint density at radius 3 is 2.32 bits per heavy atom. The van der Waals surface area contributed by atoms with E-state index in [1.165, 1.54) is 12.1 Å². The lowest BCUT2D eigenvalue weighted by molar-refractivity contribution is -0.384. The van der Waals surface area contributed by atoms with Gasteiger partial charge in [-0.25, -0.2) is 13.1 Å². The van der Waals surface area contributed by atoms with Gasteiger partial charge in [0.1, 0.15) is 5.69 Å². The third-order valence-corrected chi connectivity index (χ3v) is 5.10. The van der Waals surface area contributed by atoms with Crippen molar-refractivity contribution in [1.82, 2.24) is 4.72 Å². The number of rotatable bonds is 4. The highest BCUT2D eigenvalue weighted by atomic mass is 32.2. The van der Waals surface area contributed by atoms with Crippen LogP contribution in [0.1, 0.15) is 33.6 Å². The van der Waals surface area contributed by atoms with Crippen molar-refractivity contribution in [2.75, 3.05) is 18.0 Å². The summed E-state index contributed by atoms with van der Waals surface area (Å²) in [5.74, 6) is 0. The first-order chi connectivity index (χ1) is 10.1. The minimum Gasteiger partial charge on any atom is -0.366 e. The fraction of sp³-hybridized carbons (Fsp3) is 0.571. The van der Waals surface area contributed by atoms with Crippen LogP contribution in [0, 0.1) is 10.1 Å². The zero-order valence-corrected chi connectivity index (χ0v) is 13.8. The molecule has 8 heteroatoms. The van der Waals surface area contributed by atoms with Crippen LogP contribution in [0.4, 0.5) is 11.4 Å². The molecule has 0 atom stereocenters. The number of nitrogens with zero attached hydrogens (tertiary/aromatic N) is 2. The molecular formula is C14H21N3O4S. The van der Waals surface area contributed by atoms with Gasteiger partial charge in [-0.3, -0.25) is 10.1 Å². The van der Waals surface area contributed by atoms with Crippen molar-refractivity contribution >= 4 is 21.4 Å². The number of nitrogens with one attached hydrogen (secondary N) is 1. The van der Waals surface area contributed by atoms with Gasteiger partial charge >= 0.3 is 0 Å². The van der Waals surface area contributed by atoms with Crippen LogP contribution in [0.3, 0.4) is 0 Å². The number of nitro benzene ring substituents is 1. The van der Waals surface area contributed by atoms with Crippen LogP contribution in [0.5, 0.6) is 0 Å². The molecule has 2 rings (SSSR count). The molecule has 0 bridgehead atoms. The molecule has 1 aliphatic heterocycles. The van der Waals surface area contributed by atoms with E-state index in [0.717, 1.165) is 32.0 Å². The Hall–Kier alpha value is -1.67. The Labute approximate surface area is 130 Å². The second-order valence-corrected chi connectivity index (χ2v) is 8.14. The highest BCUT2D eigenvalue weighted by Gasteiger charge is 2.27. The van der Waals surface area contributed by atoms with Crippen molar-refractivity contribution in [3.8, 4) is 0 Å². The van der Waals surface area contributed by atoms with Crippen LogP contribution in [0.15, 0.2) is 23.1 Å². The maximum absolute atomic E-state index is 12.3. The fourth-order valence-corrected chi connectivity index (χ4v) is 3.94. The number of nitro groups is 1. The molecule has 1 fully saturated rings. The Morgan fingerprint density at radius 1 is 1.23 bits per heavy atom. The van der Waals surface area contributed by atoms with Gasteiger partial charge in [0.15, 0.2) is 0 Å². The molecule has 1 aromatic rings. The Bertz CT molecular complexity index is 674. The normalized spacial score (nSPS) is 16.0.